The van der Waals surface area contributed by atoms with Gasteiger partial charge in [0.2, 0.25) is 0 Å². The van der Waals surface area contributed by atoms with E-state index < -0.39 is 5.97 Å². The van der Waals surface area contributed by atoms with E-state index >= 15 is 0 Å². The standard InChI is InChI=1S/C5H6O3/c1-4(6)2-3-5(7)8/h2-3H,1H3,(H,7,8)/p-1. The lowest BCUT2D eigenvalue weighted by Gasteiger charge is -1.85. The minimum atomic E-state index is -1.35. The Labute approximate surface area is 46.6 Å². The summed E-state index contributed by atoms with van der Waals surface area (Å²) in [5.74, 6) is -1.64. The van der Waals surface area contributed by atoms with Crippen molar-refractivity contribution in [1.29, 1.82) is 0 Å². The van der Waals surface area contributed by atoms with Gasteiger partial charge in [0, 0.05) is 0 Å². The Balaban J connectivity index is 3.67. The average molecular weight is 113 g/mol. The highest BCUT2D eigenvalue weighted by molar-refractivity contribution is 5.93. The first-order valence-corrected chi connectivity index (χ1v) is 2.02. The van der Waals surface area contributed by atoms with E-state index in [-0.39, 0.29) is 5.78 Å². The summed E-state index contributed by atoms with van der Waals surface area (Å²) >= 11 is 0. The van der Waals surface area contributed by atoms with Gasteiger partial charge >= 0.3 is 0 Å². The van der Waals surface area contributed by atoms with Gasteiger partial charge in [0.1, 0.15) is 0 Å². The van der Waals surface area contributed by atoms with Crippen LogP contribution < -0.4 is 5.11 Å². The third kappa shape index (κ3) is 4.88. The largest absolute Gasteiger partial charge is 0.545 e. The zero-order valence-corrected chi connectivity index (χ0v) is 4.38. The predicted molar refractivity (Wildman–Crippen MR) is 24.8 cm³/mol. The van der Waals surface area contributed by atoms with Crippen LogP contribution in [0.1, 0.15) is 6.92 Å². The molecule has 0 N–H and O–H groups in total. The first-order valence-electron chi connectivity index (χ1n) is 2.02. The number of hydrogen-bond donors (Lipinski definition) is 0. The van der Waals surface area contributed by atoms with Crippen LogP contribution in [-0.2, 0) is 9.59 Å². The van der Waals surface area contributed by atoms with Gasteiger partial charge < -0.3 is 9.90 Å². The zero-order valence-electron chi connectivity index (χ0n) is 4.38. The fourth-order valence-electron chi connectivity index (χ4n) is 0.185. The van der Waals surface area contributed by atoms with Crippen LogP contribution in [0.5, 0.6) is 0 Å². The normalized spacial score (nSPS) is 9.62. The van der Waals surface area contributed by atoms with Crippen LogP contribution >= 0.6 is 0 Å². The molecule has 0 aromatic carbocycles. The van der Waals surface area contributed by atoms with E-state index in [2.05, 4.69) is 0 Å². The SMILES string of the molecule is CC(=O)C=CC(=O)[O-]. The number of rotatable bonds is 2. The number of carbonyl (C=O) groups is 2. The molecule has 0 aliphatic heterocycles. The van der Waals surface area contributed by atoms with Gasteiger partial charge in [-0.1, -0.05) is 0 Å². The Bertz CT molecular complexity index is 119. The summed E-state index contributed by atoms with van der Waals surface area (Å²) in [7, 11) is 0. The van der Waals surface area contributed by atoms with Crippen LogP contribution in [0.3, 0.4) is 0 Å². The first-order chi connectivity index (χ1) is 3.63. The lowest BCUT2D eigenvalue weighted by atomic mass is 10.4. The van der Waals surface area contributed by atoms with Crippen LogP contribution in [0, 0.1) is 0 Å². The number of aliphatic carboxylic acids is 1. The highest BCUT2D eigenvalue weighted by atomic mass is 16.4. The van der Waals surface area contributed by atoms with Crippen molar-refractivity contribution in [2.45, 2.75) is 6.92 Å². The molecule has 0 aliphatic rings. The molecule has 0 aliphatic carbocycles. The van der Waals surface area contributed by atoms with Crippen molar-refractivity contribution in [3.63, 3.8) is 0 Å². The minimum Gasteiger partial charge on any atom is -0.545 e. The van der Waals surface area contributed by atoms with E-state index in [1.54, 1.807) is 0 Å². The number of carboxylic acid groups (broad SMARTS) is 1. The van der Waals surface area contributed by atoms with Gasteiger partial charge in [-0.3, -0.25) is 4.79 Å². The highest BCUT2D eigenvalue weighted by Crippen LogP contribution is 1.70. The maximum atomic E-state index is 9.97. The van der Waals surface area contributed by atoms with E-state index in [0.717, 1.165) is 6.08 Å². The molecule has 0 saturated carbocycles. The lowest BCUT2D eigenvalue weighted by molar-refractivity contribution is -0.297. The summed E-state index contributed by atoms with van der Waals surface area (Å²) < 4.78 is 0. The zero-order chi connectivity index (χ0) is 6.57. The Hall–Kier alpha value is -1.12. The molecule has 44 valence electrons. The molecule has 0 saturated heterocycles. The second-order valence-corrected chi connectivity index (χ2v) is 1.26. The maximum Gasteiger partial charge on any atom is 0.152 e. The maximum absolute atomic E-state index is 9.97. The Morgan fingerprint density at radius 3 is 2.00 bits per heavy atom. The van der Waals surface area contributed by atoms with Gasteiger partial charge in [-0.15, -0.1) is 0 Å². The molecule has 0 rings (SSSR count). The summed E-state index contributed by atoms with van der Waals surface area (Å²) in [4.78, 5) is 19.5. The Morgan fingerprint density at radius 1 is 1.38 bits per heavy atom. The van der Waals surface area contributed by atoms with E-state index in [4.69, 9.17) is 0 Å². The lowest BCUT2D eigenvalue weighted by Crippen LogP contribution is -2.18. The van der Waals surface area contributed by atoms with Crippen LogP contribution in [0.15, 0.2) is 12.2 Å². The summed E-state index contributed by atoms with van der Waals surface area (Å²) in [6, 6.07) is 0. The molecule has 0 heterocycles. The quantitative estimate of drug-likeness (QED) is 0.426. The Kier molecular flexibility index (Phi) is 2.54. The van der Waals surface area contributed by atoms with Crippen molar-refractivity contribution in [2.24, 2.45) is 0 Å². The number of hydrogen-bond acceptors (Lipinski definition) is 3. The van der Waals surface area contributed by atoms with Crippen LogP contribution in [0.25, 0.3) is 0 Å². The number of carboxylic acids is 1. The molecule has 0 atom stereocenters. The molecule has 0 unspecified atom stereocenters. The number of allylic oxidation sites excluding steroid dienone is 1. The minimum absolute atomic E-state index is 0.297. The summed E-state index contributed by atoms with van der Waals surface area (Å²) in [5, 5.41) is 9.55. The van der Waals surface area contributed by atoms with Crippen molar-refractivity contribution in [3.05, 3.63) is 12.2 Å². The highest BCUT2D eigenvalue weighted by Gasteiger charge is 1.78. The van der Waals surface area contributed by atoms with Gasteiger partial charge in [0.05, 0.1) is 5.97 Å². The smallest absolute Gasteiger partial charge is 0.152 e. The fourth-order valence-corrected chi connectivity index (χ4v) is 0.185. The van der Waals surface area contributed by atoms with Crippen molar-refractivity contribution < 1.29 is 14.7 Å². The van der Waals surface area contributed by atoms with Crippen molar-refractivity contribution >= 4 is 11.8 Å². The van der Waals surface area contributed by atoms with Crippen molar-refractivity contribution in [3.8, 4) is 0 Å². The molecule has 3 heteroatoms. The van der Waals surface area contributed by atoms with Gasteiger partial charge in [-0.25, -0.2) is 0 Å². The van der Waals surface area contributed by atoms with Crippen molar-refractivity contribution in [1.82, 2.24) is 0 Å². The molecular weight excluding hydrogens is 108 g/mol. The van der Waals surface area contributed by atoms with Gasteiger partial charge in [0.25, 0.3) is 0 Å². The molecule has 0 amide bonds. The predicted octanol–water partition coefficient (Wildman–Crippen LogP) is -1.12. The van der Waals surface area contributed by atoms with Crippen molar-refractivity contribution in [2.75, 3.05) is 0 Å². The van der Waals surface area contributed by atoms with Gasteiger partial charge in [-0.05, 0) is 19.1 Å². The molecule has 3 nitrogen and oxygen atoms in total. The van der Waals surface area contributed by atoms with E-state index in [0.29, 0.717) is 6.08 Å². The third-order valence-corrected chi connectivity index (χ3v) is 0.454. The van der Waals surface area contributed by atoms with Crippen LogP contribution in [0.2, 0.25) is 0 Å². The van der Waals surface area contributed by atoms with Gasteiger partial charge in [-0.2, -0.15) is 0 Å². The monoisotopic (exact) mass is 113 g/mol. The molecule has 0 spiro atoms. The third-order valence-electron chi connectivity index (χ3n) is 0.454. The second-order valence-electron chi connectivity index (χ2n) is 1.26. The molecule has 0 bridgehead atoms. The number of carbonyl (C=O) groups excluding carboxylic acids is 2. The van der Waals surface area contributed by atoms with E-state index in [9.17, 15) is 14.7 Å². The Morgan fingerprint density at radius 2 is 1.88 bits per heavy atom. The van der Waals surface area contributed by atoms with E-state index in [1.807, 2.05) is 0 Å². The molecule has 8 heavy (non-hydrogen) atoms. The fraction of sp³-hybridized carbons (Fsp3) is 0.200. The molecule has 0 aromatic heterocycles. The first kappa shape index (κ1) is 6.88. The van der Waals surface area contributed by atoms with Crippen LogP contribution in [-0.4, -0.2) is 11.8 Å². The summed E-state index contributed by atoms with van der Waals surface area (Å²) in [6.07, 6.45) is 1.64. The van der Waals surface area contributed by atoms with E-state index in [1.165, 1.54) is 6.92 Å². The average Bonchev–Trinajstić information content (AvgIpc) is 1.61. The molecule has 0 aromatic rings. The molecular formula is C5H5O3-. The topological polar surface area (TPSA) is 57.2 Å². The summed E-state index contributed by atoms with van der Waals surface area (Å²) in [5.41, 5.74) is 0. The molecule has 0 radical (unpaired) electrons. The number of ketones is 1. The summed E-state index contributed by atoms with van der Waals surface area (Å²) in [6.45, 7) is 1.26. The van der Waals surface area contributed by atoms with Crippen LogP contribution in [0.4, 0.5) is 0 Å². The second kappa shape index (κ2) is 2.96. The van der Waals surface area contributed by atoms with Gasteiger partial charge in [0.15, 0.2) is 5.78 Å². The molecule has 0 fully saturated rings.